The van der Waals surface area contributed by atoms with E-state index in [0.717, 1.165) is 19.3 Å². The molecule has 1 atom stereocenters. The smallest absolute Gasteiger partial charge is 0.140 e. The summed E-state index contributed by atoms with van der Waals surface area (Å²) in [6.07, 6.45) is 3.92. The van der Waals surface area contributed by atoms with E-state index in [2.05, 4.69) is 19.1 Å². The summed E-state index contributed by atoms with van der Waals surface area (Å²) in [6, 6.07) is 10.1. The van der Waals surface area contributed by atoms with E-state index in [1.54, 1.807) is 0 Å². The molecule has 0 aliphatic carbocycles. The van der Waals surface area contributed by atoms with Crippen molar-refractivity contribution in [3.8, 4) is 0 Å². The zero-order chi connectivity index (χ0) is 11.1. The highest BCUT2D eigenvalue weighted by Gasteiger charge is 2.17. The molecular weight excluding hydrogens is 184 g/mol. The Kier molecular flexibility index (Phi) is 5.09. The fourth-order valence-electron chi connectivity index (χ4n) is 1.85. The molecule has 1 aromatic rings. The third-order valence-electron chi connectivity index (χ3n) is 2.79. The van der Waals surface area contributed by atoms with Gasteiger partial charge in [0.05, 0.1) is 0 Å². The molecule has 0 heterocycles. The average molecular weight is 204 g/mol. The Morgan fingerprint density at radius 1 is 1.20 bits per heavy atom. The fourth-order valence-corrected chi connectivity index (χ4v) is 1.85. The van der Waals surface area contributed by atoms with Crippen LogP contribution in [-0.4, -0.2) is 5.78 Å². The van der Waals surface area contributed by atoms with Gasteiger partial charge in [0.2, 0.25) is 0 Å². The molecule has 0 amide bonds. The Balaban J connectivity index is 2.76. The van der Waals surface area contributed by atoms with Crippen LogP contribution >= 0.6 is 0 Å². The summed E-state index contributed by atoms with van der Waals surface area (Å²) in [4.78, 5) is 11.8. The van der Waals surface area contributed by atoms with Crippen LogP contribution in [0.5, 0.6) is 0 Å². The third kappa shape index (κ3) is 3.50. The molecule has 0 unspecified atom stereocenters. The first kappa shape index (κ1) is 12.0. The summed E-state index contributed by atoms with van der Waals surface area (Å²) in [7, 11) is 0. The number of hydrogen-bond acceptors (Lipinski definition) is 1. The number of rotatable bonds is 6. The molecule has 0 aliphatic heterocycles. The van der Waals surface area contributed by atoms with E-state index in [1.165, 1.54) is 5.56 Å². The maximum Gasteiger partial charge on any atom is 0.140 e. The van der Waals surface area contributed by atoms with Gasteiger partial charge < -0.3 is 0 Å². The van der Waals surface area contributed by atoms with Crippen molar-refractivity contribution in [2.24, 2.45) is 0 Å². The first-order valence-electron chi connectivity index (χ1n) is 5.87. The monoisotopic (exact) mass is 204 g/mol. The van der Waals surface area contributed by atoms with Crippen LogP contribution in [0.15, 0.2) is 30.3 Å². The van der Waals surface area contributed by atoms with Gasteiger partial charge in [-0.25, -0.2) is 0 Å². The minimum Gasteiger partial charge on any atom is -0.299 e. The second-order valence-corrected chi connectivity index (χ2v) is 3.93. The minimum atomic E-state index is 0.121. The Morgan fingerprint density at radius 3 is 2.40 bits per heavy atom. The zero-order valence-corrected chi connectivity index (χ0v) is 9.70. The van der Waals surface area contributed by atoms with Gasteiger partial charge in [0.1, 0.15) is 5.78 Å². The van der Waals surface area contributed by atoms with Crippen LogP contribution in [0.3, 0.4) is 0 Å². The SMILES string of the molecule is CCCC[C@@H](C(=O)CC)c1ccccc1. The first-order chi connectivity index (χ1) is 7.29. The molecule has 0 bridgehead atoms. The lowest BCUT2D eigenvalue weighted by Crippen LogP contribution is -2.11. The molecule has 0 fully saturated rings. The van der Waals surface area contributed by atoms with Gasteiger partial charge in [-0.15, -0.1) is 0 Å². The second-order valence-electron chi connectivity index (χ2n) is 3.93. The number of benzene rings is 1. The molecule has 0 aliphatic rings. The van der Waals surface area contributed by atoms with Crippen molar-refractivity contribution in [1.29, 1.82) is 0 Å². The number of hydrogen-bond donors (Lipinski definition) is 0. The van der Waals surface area contributed by atoms with Crippen molar-refractivity contribution in [2.45, 2.75) is 45.4 Å². The topological polar surface area (TPSA) is 17.1 Å². The van der Waals surface area contributed by atoms with Crippen molar-refractivity contribution >= 4 is 5.78 Å². The first-order valence-corrected chi connectivity index (χ1v) is 5.87. The molecule has 0 saturated heterocycles. The van der Waals surface area contributed by atoms with Gasteiger partial charge >= 0.3 is 0 Å². The predicted molar refractivity (Wildman–Crippen MR) is 64.0 cm³/mol. The van der Waals surface area contributed by atoms with Crippen molar-refractivity contribution < 1.29 is 4.79 Å². The van der Waals surface area contributed by atoms with Crippen molar-refractivity contribution in [2.75, 3.05) is 0 Å². The van der Waals surface area contributed by atoms with Crippen LogP contribution in [0.25, 0.3) is 0 Å². The highest BCUT2D eigenvalue weighted by Crippen LogP contribution is 2.24. The molecule has 1 heteroatoms. The van der Waals surface area contributed by atoms with Gasteiger partial charge in [0.25, 0.3) is 0 Å². The lowest BCUT2D eigenvalue weighted by molar-refractivity contribution is -0.120. The van der Waals surface area contributed by atoms with Gasteiger partial charge in [0.15, 0.2) is 0 Å². The summed E-state index contributed by atoms with van der Waals surface area (Å²) >= 11 is 0. The minimum absolute atomic E-state index is 0.121. The molecule has 0 saturated carbocycles. The van der Waals surface area contributed by atoms with Gasteiger partial charge in [-0.3, -0.25) is 4.79 Å². The summed E-state index contributed by atoms with van der Waals surface area (Å²) < 4.78 is 0. The third-order valence-corrected chi connectivity index (χ3v) is 2.79. The Labute approximate surface area is 92.5 Å². The summed E-state index contributed by atoms with van der Waals surface area (Å²) in [5.41, 5.74) is 1.18. The largest absolute Gasteiger partial charge is 0.299 e. The standard InChI is InChI=1S/C14H20O/c1-3-5-11-13(14(15)4-2)12-9-7-6-8-10-12/h6-10,13H,3-5,11H2,1-2H3/t13-/m1/s1. The van der Waals surface area contributed by atoms with Crippen LogP contribution in [0.2, 0.25) is 0 Å². The predicted octanol–water partition coefficient (Wildman–Crippen LogP) is 3.94. The number of carbonyl (C=O) groups excluding carboxylic acids is 1. The zero-order valence-electron chi connectivity index (χ0n) is 9.70. The highest BCUT2D eigenvalue weighted by atomic mass is 16.1. The average Bonchev–Trinajstić information content (AvgIpc) is 2.30. The quantitative estimate of drug-likeness (QED) is 0.686. The molecule has 0 N–H and O–H groups in total. The van der Waals surface area contributed by atoms with Crippen LogP contribution in [0.4, 0.5) is 0 Å². The van der Waals surface area contributed by atoms with Crippen LogP contribution in [-0.2, 0) is 4.79 Å². The summed E-state index contributed by atoms with van der Waals surface area (Å²) in [5.74, 6) is 0.491. The van der Waals surface area contributed by atoms with E-state index in [9.17, 15) is 4.79 Å². The van der Waals surface area contributed by atoms with Gasteiger partial charge in [0, 0.05) is 12.3 Å². The lowest BCUT2D eigenvalue weighted by atomic mass is 9.89. The Morgan fingerprint density at radius 2 is 1.87 bits per heavy atom. The molecule has 1 aromatic carbocycles. The van der Waals surface area contributed by atoms with E-state index in [-0.39, 0.29) is 5.92 Å². The molecule has 1 nitrogen and oxygen atoms in total. The molecule has 82 valence electrons. The normalized spacial score (nSPS) is 12.4. The molecular formula is C14H20O. The van der Waals surface area contributed by atoms with Gasteiger partial charge in [-0.05, 0) is 12.0 Å². The van der Waals surface area contributed by atoms with E-state index in [1.807, 2.05) is 25.1 Å². The second kappa shape index (κ2) is 6.39. The van der Waals surface area contributed by atoms with E-state index < -0.39 is 0 Å². The maximum absolute atomic E-state index is 11.8. The number of ketones is 1. The van der Waals surface area contributed by atoms with Gasteiger partial charge in [-0.1, -0.05) is 57.0 Å². The van der Waals surface area contributed by atoms with E-state index in [4.69, 9.17) is 0 Å². The van der Waals surface area contributed by atoms with E-state index in [0.29, 0.717) is 12.2 Å². The van der Waals surface area contributed by atoms with Crippen LogP contribution < -0.4 is 0 Å². The molecule has 0 aromatic heterocycles. The Bertz CT molecular complexity index is 289. The van der Waals surface area contributed by atoms with Gasteiger partial charge in [-0.2, -0.15) is 0 Å². The molecule has 0 spiro atoms. The number of Topliss-reactive ketones (excluding diaryl/α,β-unsaturated/α-hetero) is 1. The summed E-state index contributed by atoms with van der Waals surface area (Å²) in [6.45, 7) is 4.11. The number of carbonyl (C=O) groups is 1. The van der Waals surface area contributed by atoms with Crippen molar-refractivity contribution in [3.05, 3.63) is 35.9 Å². The lowest BCUT2D eigenvalue weighted by Gasteiger charge is -2.14. The number of unbranched alkanes of at least 4 members (excludes halogenated alkanes) is 1. The van der Waals surface area contributed by atoms with E-state index >= 15 is 0 Å². The van der Waals surface area contributed by atoms with Crippen LogP contribution in [0, 0.1) is 0 Å². The van der Waals surface area contributed by atoms with Crippen molar-refractivity contribution in [1.82, 2.24) is 0 Å². The summed E-state index contributed by atoms with van der Waals surface area (Å²) in [5, 5.41) is 0. The van der Waals surface area contributed by atoms with Crippen LogP contribution in [0.1, 0.15) is 51.0 Å². The Hall–Kier alpha value is -1.11. The fraction of sp³-hybridized carbons (Fsp3) is 0.500. The maximum atomic E-state index is 11.8. The highest BCUT2D eigenvalue weighted by molar-refractivity contribution is 5.85. The molecule has 1 rings (SSSR count). The molecule has 0 radical (unpaired) electrons. The van der Waals surface area contributed by atoms with Crippen molar-refractivity contribution in [3.63, 3.8) is 0 Å². The molecule has 15 heavy (non-hydrogen) atoms.